The molecule has 0 unspecified atom stereocenters. The van der Waals surface area contributed by atoms with Gasteiger partial charge in [-0.05, 0) is 51.1 Å². The minimum atomic E-state index is -1.77. The van der Waals surface area contributed by atoms with Crippen molar-refractivity contribution in [2.24, 2.45) is 27.9 Å². The van der Waals surface area contributed by atoms with E-state index in [1.54, 1.807) is 44.2 Å². The van der Waals surface area contributed by atoms with Gasteiger partial charge in [-0.25, -0.2) is 4.98 Å². The number of nitrogens with one attached hydrogen (secondary N) is 15. The second-order valence-corrected chi connectivity index (χ2v) is 29.0. The maximum absolute atomic E-state index is 14.9. The van der Waals surface area contributed by atoms with Gasteiger partial charge in [0.05, 0.1) is 105 Å². The molecular formula is C79H132N22O26. The van der Waals surface area contributed by atoms with Crippen LogP contribution >= 0.6 is 0 Å². The van der Waals surface area contributed by atoms with Crippen LogP contribution in [0.5, 0.6) is 0 Å². The number of likely N-dealkylation sites (tertiary alicyclic amines) is 1. The summed E-state index contributed by atoms with van der Waals surface area (Å²) in [5.41, 5.74) is 23.3. The van der Waals surface area contributed by atoms with Crippen molar-refractivity contribution in [1.82, 2.24) is 89.3 Å². The molecule has 714 valence electrons. The van der Waals surface area contributed by atoms with E-state index in [0.29, 0.717) is 44.6 Å². The topological polar surface area (TPSA) is 704 Å². The Balaban J connectivity index is 1.53. The van der Waals surface area contributed by atoms with E-state index in [1.807, 2.05) is 7.05 Å². The third-order valence-electron chi connectivity index (χ3n) is 18.6. The molecule has 0 bridgehead atoms. The van der Waals surface area contributed by atoms with Gasteiger partial charge in [0, 0.05) is 103 Å². The lowest BCUT2D eigenvalue weighted by Crippen LogP contribution is -2.61. The Bertz CT molecular complexity index is 3700. The van der Waals surface area contributed by atoms with Crippen LogP contribution in [0.25, 0.3) is 0 Å². The maximum Gasteiger partial charge on any atom is 0.246 e. The van der Waals surface area contributed by atoms with Crippen LogP contribution in [0.1, 0.15) is 102 Å². The Morgan fingerprint density at radius 1 is 0.496 bits per heavy atom. The number of carbonyl (C=O) groups excluding carboxylic acids is 16. The highest BCUT2D eigenvalue weighted by Crippen LogP contribution is 2.22. The molecule has 0 radical (unpaired) electrons. The summed E-state index contributed by atoms with van der Waals surface area (Å²) in [5.74, 6) is -12.6. The fourth-order valence-corrected chi connectivity index (χ4v) is 12.0. The second kappa shape index (κ2) is 66.4. The number of ether oxygens (including phenoxy) is 8. The summed E-state index contributed by atoms with van der Waals surface area (Å²) < 4.78 is 42.6. The van der Waals surface area contributed by atoms with Crippen LogP contribution in [-0.4, -0.2) is 365 Å². The number of aliphatic hydroxyl groups excluding tert-OH is 2. The first kappa shape index (κ1) is 110. The fraction of sp³-hybridized carbons (Fsp3) is 0.671. The quantitative estimate of drug-likeness (QED) is 0.0166. The van der Waals surface area contributed by atoms with Gasteiger partial charge in [0.25, 0.3) is 0 Å². The number of guanidine groups is 1. The summed E-state index contributed by atoms with van der Waals surface area (Å²) in [6.07, 6.45) is 0.616. The van der Waals surface area contributed by atoms with Crippen molar-refractivity contribution in [3.8, 4) is 0 Å². The van der Waals surface area contributed by atoms with E-state index in [-0.39, 0.29) is 193 Å². The van der Waals surface area contributed by atoms with Crippen LogP contribution < -0.4 is 97.4 Å². The average Bonchev–Trinajstić information content (AvgIpc) is 1.68. The highest BCUT2D eigenvalue weighted by atomic mass is 16.5. The molecule has 1 aliphatic rings. The third kappa shape index (κ3) is 49.0. The smallest absolute Gasteiger partial charge is 0.246 e. The largest absolute Gasteiger partial charge is 0.394 e. The Kier molecular flexibility index (Phi) is 57.5. The number of rotatable bonds is 72. The Hall–Kier alpha value is -11.1. The normalized spacial score (nSPS) is 14.7. The third-order valence-corrected chi connectivity index (χ3v) is 18.6. The number of H-pyrrole nitrogens is 1. The molecular weight excluding hydrogens is 1670 g/mol. The number of aromatic amines is 1. The van der Waals surface area contributed by atoms with Crippen molar-refractivity contribution in [2.75, 3.05) is 179 Å². The highest BCUT2D eigenvalue weighted by Gasteiger charge is 2.44. The first-order valence-corrected chi connectivity index (χ1v) is 42.2. The summed E-state index contributed by atoms with van der Waals surface area (Å²) in [7, 11) is 3.20. The van der Waals surface area contributed by atoms with E-state index in [2.05, 4.69) is 89.4 Å². The van der Waals surface area contributed by atoms with E-state index in [9.17, 15) is 86.9 Å². The van der Waals surface area contributed by atoms with Gasteiger partial charge in [0.15, 0.2) is 5.96 Å². The molecule has 2 aromatic rings. The minimum Gasteiger partial charge on any atom is -0.394 e. The van der Waals surface area contributed by atoms with Gasteiger partial charge in [-0.1, -0.05) is 57.0 Å². The number of β-amino-alcohol motifs (C(OH)–C–C–N with tert-alkyl or cyclic N) is 1. The van der Waals surface area contributed by atoms with E-state index < -0.39 is 183 Å². The number of nitrogens with two attached hydrogens (primary N) is 4. The molecule has 1 aromatic heterocycles. The lowest BCUT2D eigenvalue weighted by molar-refractivity contribution is -0.143. The molecule has 0 aliphatic carbocycles. The maximum atomic E-state index is 14.9. The second-order valence-electron chi connectivity index (χ2n) is 29.0. The molecule has 2 heterocycles. The Morgan fingerprint density at radius 3 is 1.44 bits per heavy atom. The van der Waals surface area contributed by atoms with Gasteiger partial charge >= 0.3 is 0 Å². The van der Waals surface area contributed by atoms with E-state index in [4.69, 9.17) is 60.8 Å². The zero-order chi connectivity index (χ0) is 93.5. The van der Waals surface area contributed by atoms with Crippen molar-refractivity contribution < 1.29 is 125 Å². The molecule has 48 nitrogen and oxygen atoms in total. The van der Waals surface area contributed by atoms with Gasteiger partial charge in [0.2, 0.25) is 88.6 Å². The van der Waals surface area contributed by atoms with Gasteiger partial charge < -0.3 is 155 Å². The van der Waals surface area contributed by atoms with Gasteiger partial charge in [-0.3, -0.25) is 81.7 Å². The van der Waals surface area contributed by atoms with Crippen molar-refractivity contribution in [2.45, 2.75) is 164 Å². The van der Waals surface area contributed by atoms with Crippen LogP contribution in [0, 0.1) is 0 Å². The number of likely N-dealkylation sites (N-methyl/N-ethyl adjacent to an activating group) is 2. The van der Waals surface area contributed by atoms with Gasteiger partial charge in [-0.15, -0.1) is 0 Å². The van der Waals surface area contributed by atoms with Crippen molar-refractivity contribution in [1.29, 1.82) is 0 Å². The lowest BCUT2D eigenvalue weighted by Gasteiger charge is -2.31. The number of aliphatic imine (C=N–C) groups is 1. The van der Waals surface area contributed by atoms with Crippen molar-refractivity contribution in [3.63, 3.8) is 0 Å². The number of unbranched alkanes of at least 4 members (excludes halogenated alkanes) is 1. The van der Waals surface area contributed by atoms with Crippen LogP contribution in [0.2, 0.25) is 0 Å². The Morgan fingerprint density at radius 2 is 0.953 bits per heavy atom. The molecule has 0 spiro atoms. The van der Waals surface area contributed by atoms with Gasteiger partial charge in [-0.2, -0.15) is 0 Å². The number of primary amides is 1. The molecule has 10 atom stereocenters. The molecule has 48 heteroatoms. The number of benzene rings is 1. The van der Waals surface area contributed by atoms with Crippen LogP contribution in [-0.2, 0) is 127 Å². The average molecular weight is 1810 g/mol. The van der Waals surface area contributed by atoms with Crippen molar-refractivity contribution in [3.05, 3.63) is 54.1 Å². The first-order chi connectivity index (χ1) is 61.1. The predicted octanol–water partition coefficient (Wildman–Crippen LogP) is -9.79. The first-order valence-electron chi connectivity index (χ1n) is 42.2. The number of hydrogen-bond acceptors (Lipinski definition) is 30. The zero-order valence-electron chi connectivity index (χ0n) is 72.7. The zero-order valence-corrected chi connectivity index (χ0v) is 72.7. The van der Waals surface area contributed by atoms with Crippen LogP contribution in [0.3, 0.4) is 0 Å². The van der Waals surface area contributed by atoms with Crippen LogP contribution in [0.15, 0.2) is 47.8 Å². The molecule has 1 aliphatic heterocycles. The number of nitrogens with zero attached hydrogens (tertiary/aromatic N) is 3. The molecule has 3 rings (SSSR count). The Labute approximate surface area is 736 Å². The van der Waals surface area contributed by atoms with Crippen molar-refractivity contribution >= 4 is 100 Å². The van der Waals surface area contributed by atoms with E-state index >= 15 is 0 Å². The van der Waals surface area contributed by atoms with E-state index in [1.165, 1.54) is 19.6 Å². The number of Topliss-reactive ketones (excluding diaryl/α,β-unsaturated/α-hetero) is 1. The summed E-state index contributed by atoms with van der Waals surface area (Å²) in [6.45, 7) is 3.44. The fourth-order valence-electron chi connectivity index (χ4n) is 12.0. The summed E-state index contributed by atoms with van der Waals surface area (Å²) >= 11 is 0. The number of amides is 15. The van der Waals surface area contributed by atoms with Crippen LogP contribution in [0.4, 0.5) is 0 Å². The molecule has 0 saturated carbocycles. The molecule has 127 heavy (non-hydrogen) atoms. The number of aromatic nitrogens is 2. The summed E-state index contributed by atoms with van der Waals surface area (Å²) in [6, 6.07) is -5.10. The number of aliphatic hydroxyl groups is 2. The highest BCUT2D eigenvalue weighted by molar-refractivity contribution is 6.00. The summed E-state index contributed by atoms with van der Waals surface area (Å²) in [4.78, 5) is 226. The van der Waals surface area contributed by atoms with E-state index in [0.717, 1.165) is 11.4 Å². The summed E-state index contributed by atoms with van der Waals surface area (Å²) in [5, 5.41) is 57.1. The minimum absolute atomic E-state index is 0.00553. The monoisotopic (exact) mass is 1800 g/mol. The molecule has 1 aromatic carbocycles. The van der Waals surface area contributed by atoms with Gasteiger partial charge in [0.1, 0.15) is 86.6 Å². The molecule has 1 saturated heterocycles. The SMILES string of the molecule is CCCC[C@H](NC(=O)[C@H](CN)NC(=O)[C@H](Cc1cnc[nH]1)NC(=O)[C@H](CCC(N)=O)NC(=O)[C@H](CO)NC(=O)CNC(=O)COCCOCCNC(=O)COCCOCCNC(=O)COCCOCCNC(=O)COCCOCCNC)C(=O)N[C@@H](CCC(=O)CCC)C(=O)N1C[C@H](O)C[C@H]1C(=O)N[C@H](Cc1ccccc1)C(=O)N[C@@H](CCCN=C(N)N)C(=O)NC. The predicted molar refractivity (Wildman–Crippen MR) is 454 cm³/mol. The molecule has 1 fully saturated rings. The number of carbonyl (C=O) groups is 16. The number of imidazole rings is 1. The molecule has 25 N–H and O–H groups in total. The standard InChI is InChI=1S/C79H132N22O26/c1-5-7-15-56(71(112)97-58(18-17-53(103)12-6-2)78(119)101-44-54(104)40-63(101)77(118)99-59(38-51-13-9-8-10-14-51)73(114)94-55(70(111)85-4)16-11-21-90-79(82)83)95-75(116)61(41-80)100-74(115)60(39-52-42-86-50-92-52)98-72(113)57(19-20-64(81)105)96-76(117)62(45-102)93-65(106)43-91-69(110)49-127-37-33-123-29-25-89-68(109)48-126-36-32-122-28-24-88-67(108)47-125-35-31-121-27-23-87-66(107)46-124-34-30-120-26-22-84-3/h8-10,13-14,42,50,54-63,84,102,104H,5-7,11-12,15-41,43-49,80H2,1-4H3,(H2,81,105)(H,85,111)(H,86,92)(H,87,107)(H,88,108)(H,89,109)(H,91,110)(H,93,106)(H,94,114)(H,95,116)(H,96,117)(H,97,112)(H,98,113)(H,99,118)(H,100,115)(H4,82,83,90)/t54-,55+,56+,57+,58+,59-,60+,61+,62+,63+/m1/s1. The molecule has 15 amide bonds. The lowest BCUT2D eigenvalue weighted by atomic mass is 10.0. The number of ketones is 1. The number of hydrogen-bond donors (Lipinski definition) is 21.